The Morgan fingerprint density at radius 3 is 3.23 bits per heavy atom. The summed E-state index contributed by atoms with van der Waals surface area (Å²) in [5.74, 6) is 1.72. The molecule has 1 heterocycles. The van der Waals surface area contributed by atoms with Gasteiger partial charge in [0.25, 0.3) is 0 Å². The fraction of sp³-hybridized carbons (Fsp3) is 0.333. The highest BCUT2D eigenvalue weighted by Crippen LogP contribution is 2.40. The second-order valence-electron chi connectivity index (χ2n) is 3.89. The molecule has 0 radical (unpaired) electrons. The van der Waals surface area contributed by atoms with Gasteiger partial charge in [-0.25, -0.2) is 0 Å². The predicted octanol–water partition coefficient (Wildman–Crippen LogP) is 2.73. The molecule has 3 rings (SSSR count). The summed E-state index contributed by atoms with van der Waals surface area (Å²) in [5.41, 5.74) is 2.61. The van der Waals surface area contributed by atoms with Gasteiger partial charge in [0, 0.05) is 11.5 Å². The van der Waals surface area contributed by atoms with Crippen molar-refractivity contribution in [3.63, 3.8) is 0 Å². The number of hydrogen-bond donors (Lipinski definition) is 0. The van der Waals surface area contributed by atoms with Crippen molar-refractivity contribution >= 4 is 0 Å². The van der Waals surface area contributed by atoms with E-state index in [1.165, 1.54) is 16.9 Å². The normalized spacial score (nSPS) is 34.4. The number of rotatable bonds is 0. The summed E-state index contributed by atoms with van der Waals surface area (Å²) in [5, 5.41) is 0. The van der Waals surface area contributed by atoms with E-state index in [-0.39, 0.29) is 0 Å². The van der Waals surface area contributed by atoms with Gasteiger partial charge in [0.15, 0.2) is 0 Å². The third kappa shape index (κ3) is 0.932. The molecule has 2 aliphatic carbocycles. The lowest BCUT2D eigenvalue weighted by Gasteiger charge is -2.14. The number of ether oxygens (including phenoxy) is 1. The Morgan fingerprint density at radius 2 is 2.31 bits per heavy atom. The van der Waals surface area contributed by atoms with Crippen LogP contribution in [0.2, 0.25) is 0 Å². The Hall–Kier alpha value is -1.24. The molecule has 0 N–H and O–H groups in total. The standard InChI is InChI=1S/C12H12O/c1-8-7-10-6-5-9-3-2-4-11(9)12(10)13-8/h2-6,8,10H,7H2,1H3. The molecule has 66 valence electrons. The first kappa shape index (κ1) is 7.19. The summed E-state index contributed by atoms with van der Waals surface area (Å²) in [6.07, 6.45) is 12.4. The molecular weight excluding hydrogens is 160 g/mol. The lowest BCUT2D eigenvalue weighted by atomic mass is 9.91. The van der Waals surface area contributed by atoms with Crippen LogP contribution in [-0.4, -0.2) is 6.10 Å². The van der Waals surface area contributed by atoms with Crippen LogP contribution in [0.25, 0.3) is 0 Å². The van der Waals surface area contributed by atoms with Crippen molar-refractivity contribution in [3.05, 3.63) is 47.3 Å². The van der Waals surface area contributed by atoms with Crippen LogP contribution < -0.4 is 0 Å². The molecule has 2 atom stereocenters. The van der Waals surface area contributed by atoms with Gasteiger partial charge in [-0.05, 0) is 18.9 Å². The van der Waals surface area contributed by atoms with Crippen LogP contribution in [0.3, 0.4) is 0 Å². The zero-order chi connectivity index (χ0) is 8.84. The zero-order valence-corrected chi connectivity index (χ0v) is 7.66. The van der Waals surface area contributed by atoms with Gasteiger partial charge >= 0.3 is 0 Å². The van der Waals surface area contributed by atoms with Crippen molar-refractivity contribution in [1.29, 1.82) is 0 Å². The van der Waals surface area contributed by atoms with Crippen LogP contribution in [-0.2, 0) is 4.74 Å². The highest BCUT2D eigenvalue weighted by atomic mass is 16.5. The van der Waals surface area contributed by atoms with Gasteiger partial charge in [-0.1, -0.05) is 30.4 Å². The van der Waals surface area contributed by atoms with Crippen LogP contribution in [0.5, 0.6) is 0 Å². The maximum absolute atomic E-state index is 5.82. The van der Waals surface area contributed by atoms with Crippen molar-refractivity contribution < 1.29 is 4.74 Å². The molecule has 0 spiro atoms. The molecule has 0 bridgehead atoms. The fourth-order valence-electron chi connectivity index (χ4n) is 2.27. The Morgan fingerprint density at radius 1 is 1.38 bits per heavy atom. The van der Waals surface area contributed by atoms with Crippen molar-refractivity contribution in [1.82, 2.24) is 0 Å². The van der Waals surface area contributed by atoms with Crippen molar-refractivity contribution in [2.24, 2.45) is 5.92 Å². The minimum atomic E-state index is 0.380. The number of hydrogen-bond acceptors (Lipinski definition) is 1. The van der Waals surface area contributed by atoms with E-state index in [9.17, 15) is 0 Å². The second-order valence-corrected chi connectivity index (χ2v) is 3.89. The average molecular weight is 172 g/mol. The summed E-state index contributed by atoms with van der Waals surface area (Å²) in [6, 6.07) is 0. The summed E-state index contributed by atoms with van der Waals surface area (Å²) < 4.78 is 5.82. The number of allylic oxidation sites excluding steroid dienone is 7. The van der Waals surface area contributed by atoms with Crippen molar-refractivity contribution in [3.8, 4) is 0 Å². The largest absolute Gasteiger partial charge is 0.494 e. The average Bonchev–Trinajstić information content (AvgIpc) is 2.65. The van der Waals surface area contributed by atoms with E-state index in [0.717, 1.165) is 6.42 Å². The third-order valence-corrected chi connectivity index (χ3v) is 2.87. The Kier molecular flexibility index (Phi) is 1.32. The van der Waals surface area contributed by atoms with Crippen LogP contribution >= 0.6 is 0 Å². The Bertz CT molecular complexity index is 369. The van der Waals surface area contributed by atoms with E-state index in [4.69, 9.17) is 4.74 Å². The molecule has 0 aromatic rings. The maximum atomic E-state index is 5.82. The monoisotopic (exact) mass is 172 g/mol. The van der Waals surface area contributed by atoms with E-state index in [1.807, 2.05) is 0 Å². The maximum Gasteiger partial charge on any atom is 0.111 e. The van der Waals surface area contributed by atoms with E-state index in [1.54, 1.807) is 0 Å². The highest BCUT2D eigenvalue weighted by Gasteiger charge is 2.31. The molecule has 1 nitrogen and oxygen atoms in total. The predicted molar refractivity (Wildman–Crippen MR) is 52.0 cm³/mol. The van der Waals surface area contributed by atoms with Crippen molar-refractivity contribution in [2.45, 2.75) is 19.4 Å². The van der Waals surface area contributed by atoms with Gasteiger partial charge in [-0.15, -0.1) is 0 Å². The first-order valence-electron chi connectivity index (χ1n) is 4.82. The van der Waals surface area contributed by atoms with Crippen LogP contribution in [0, 0.1) is 5.92 Å². The van der Waals surface area contributed by atoms with Crippen molar-refractivity contribution in [2.75, 3.05) is 0 Å². The molecule has 0 saturated carbocycles. The molecule has 0 aromatic heterocycles. The lowest BCUT2D eigenvalue weighted by molar-refractivity contribution is 0.175. The molecule has 2 unspecified atom stereocenters. The van der Waals surface area contributed by atoms with Gasteiger partial charge < -0.3 is 4.74 Å². The second kappa shape index (κ2) is 2.38. The summed E-state index contributed by atoms with van der Waals surface area (Å²) in [7, 11) is 0. The first-order valence-corrected chi connectivity index (χ1v) is 4.82. The van der Waals surface area contributed by atoms with Crippen LogP contribution in [0.15, 0.2) is 47.3 Å². The van der Waals surface area contributed by atoms with E-state index < -0.39 is 0 Å². The summed E-state index contributed by atoms with van der Waals surface area (Å²) in [6.45, 7) is 2.14. The zero-order valence-electron chi connectivity index (χ0n) is 7.66. The van der Waals surface area contributed by atoms with Gasteiger partial charge in [-0.2, -0.15) is 0 Å². The van der Waals surface area contributed by atoms with E-state index >= 15 is 0 Å². The topological polar surface area (TPSA) is 9.23 Å². The number of fused-ring (bicyclic) bond motifs is 2. The quantitative estimate of drug-likeness (QED) is 0.546. The summed E-state index contributed by atoms with van der Waals surface area (Å²) >= 11 is 0. The molecular formula is C12H12O. The van der Waals surface area contributed by atoms with Gasteiger partial charge in [-0.3, -0.25) is 0 Å². The Labute approximate surface area is 78.1 Å². The minimum absolute atomic E-state index is 0.380. The fourth-order valence-corrected chi connectivity index (χ4v) is 2.27. The Balaban J connectivity index is 2.11. The van der Waals surface area contributed by atoms with Gasteiger partial charge in [0.1, 0.15) is 5.76 Å². The summed E-state index contributed by atoms with van der Waals surface area (Å²) in [4.78, 5) is 0. The van der Waals surface area contributed by atoms with Gasteiger partial charge in [0.2, 0.25) is 0 Å². The molecule has 3 aliphatic rings. The molecule has 1 fully saturated rings. The lowest BCUT2D eigenvalue weighted by Crippen LogP contribution is -2.02. The first-order chi connectivity index (χ1) is 6.34. The molecule has 1 aliphatic heterocycles. The third-order valence-electron chi connectivity index (χ3n) is 2.87. The molecule has 1 saturated heterocycles. The molecule has 0 amide bonds. The van der Waals surface area contributed by atoms with Crippen LogP contribution in [0.4, 0.5) is 0 Å². The van der Waals surface area contributed by atoms with Gasteiger partial charge in [0.05, 0.1) is 6.10 Å². The highest BCUT2D eigenvalue weighted by molar-refractivity contribution is 5.58. The minimum Gasteiger partial charge on any atom is -0.494 e. The van der Waals surface area contributed by atoms with E-state index in [0.29, 0.717) is 12.0 Å². The SMILES string of the molecule is CC1CC2C=CC3=CC=CC3=C2O1. The molecule has 1 heteroatoms. The smallest absolute Gasteiger partial charge is 0.111 e. The van der Waals surface area contributed by atoms with E-state index in [2.05, 4.69) is 37.3 Å². The van der Waals surface area contributed by atoms with Crippen LogP contribution in [0.1, 0.15) is 13.3 Å². The molecule has 13 heavy (non-hydrogen) atoms. The molecule has 0 aromatic carbocycles.